The van der Waals surface area contributed by atoms with Crippen LogP contribution >= 0.6 is 0 Å². The van der Waals surface area contributed by atoms with Crippen molar-refractivity contribution in [2.45, 2.75) is 33.4 Å². The van der Waals surface area contributed by atoms with Crippen LogP contribution in [0.2, 0.25) is 0 Å². The minimum atomic E-state index is -0.314. The highest BCUT2D eigenvalue weighted by atomic mass is 16.3. The molecule has 1 atom stereocenters. The Kier molecular flexibility index (Phi) is 7.36. The Bertz CT molecular complexity index is 1040. The van der Waals surface area contributed by atoms with E-state index < -0.39 is 0 Å². The normalized spacial score (nSPS) is 11.8. The number of furan rings is 1. The molecule has 32 heavy (non-hydrogen) atoms. The van der Waals surface area contributed by atoms with Crippen LogP contribution in [0, 0.1) is 5.92 Å². The van der Waals surface area contributed by atoms with Crippen molar-refractivity contribution in [3.05, 3.63) is 83.8 Å². The van der Waals surface area contributed by atoms with Crippen molar-refractivity contribution >= 4 is 23.2 Å². The lowest BCUT2D eigenvalue weighted by atomic mass is 10.0. The first-order valence-corrected chi connectivity index (χ1v) is 10.8. The number of benzene rings is 2. The summed E-state index contributed by atoms with van der Waals surface area (Å²) in [5.41, 5.74) is 3.67. The fraction of sp³-hybridized carbons (Fsp3) is 0.308. The number of nitrogens with one attached hydrogen (secondary N) is 1. The smallest absolute Gasteiger partial charge is 0.291 e. The average Bonchev–Trinajstić information content (AvgIpc) is 3.32. The van der Waals surface area contributed by atoms with Crippen LogP contribution in [0.3, 0.4) is 0 Å². The Morgan fingerprint density at radius 2 is 1.69 bits per heavy atom. The lowest BCUT2D eigenvalue weighted by molar-refractivity contribution is -0.137. The van der Waals surface area contributed by atoms with Crippen LogP contribution in [0.1, 0.15) is 48.5 Å². The SMILES string of the molecule is CC(C)C(=O)N(Cc1cc(NC(=O)c2ccco2)ccc1N(C)C)[C@@H](C)c1ccccc1. The molecule has 0 fully saturated rings. The Hall–Kier alpha value is -3.54. The van der Waals surface area contributed by atoms with Crippen molar-refractivity contribution < 1.29 is 14.0 Å². The predicted molar refractivity (Wildman–Crippen MR) is 128 cm³/mol. The molecule has 0 spiro atoms. The molecule has 1 aromatic heterocycles. The zero-order valence-electron chi connectivity index (χ0n) is 19.3. The summed E-state index contributed by atoms with van der Waals surface area (Å²) in [5.74, 6) is -0.120. The van der Waals surface area contributed by atoms with Gasteiger partial charge in [-0.05, 0) is 48.4 Å². The molecule has 0 aliphatic rings. The molecule has 0 bridgehead atoms. The van der Waals surface area contributed by atoms with Crippen LogP contribution in [0.4, 0.5) is 11.4 Å². The second-order valence-electron chi connectivity index (χ2n) is 8.38. The van der Waals surface area contributed by atoms with Gasteiger partial charge in [0, 0.05) is 37.9 Å². The van der Waals surface area contributed by atoms with Crippen molar-refractivity contribution in [2.75, 3.05) is 24.3 Å². The Morgan fingerprint density at radius 1 is 0.969 bits per heavy atom. The average molecular weight is 434 g/mol. The zero-order chi connectivity index (χ0) is 23.3. The molecule has 0 unspecified atom stereocenters. The predicted octanol–water partition coefficient (Wildman–Crippen LogP) is 5.34. The maximum atomic E-state index is 13.2. The van der Waals surface area contributed by atoms with Gasteiger partial charge in [-0.1, -0.05) is 44.2 Å². The number of hydrogen-bond donors (Lipinski definition) is 1. The van der Waals surface area contributed by atoms with Crippen LogP contribution < -0.4 is 10.2 Å². The quantitative estimate of drug-likeness (QED) is 0.520. The first kappa shape index (κ1) is 23.1. The second-order valence-corrected chi connectivity index (χ2v) is 8.38. The molecule has 0 saturated heterocycles. The van der Waals surface area contributed by atoms with Gasteiger partial charge >= 0.3 is 0 Å². The minimum Gasteiger partial charge on any atom is -0.459 e. The number of nitrogens with zero attached hydrogens (tertiary/aromatic N) is 2. The molecule has 0 saturated carbocycles. The van der Waals surface area contributed by atoms with Crippen molar-refractivity contribution in [2.24, 2.45) is 5.92 Å². The standard InChI is InChI=1S/C26H31N3O3/c1-18(2)26(31)29(19(3)20-10-7-6-8-11-20)17-21-16-22(13-14-23(21)28(4)5)27-25(30)24-12-9-15-32-24/h6-16,18-19H,17H2,1-5H3,(H,27,30)/t19-/m0/s1. The van der Waals surface area contributed by atoms with Gasteiger partial charge in [0.25, 0.3) is 5.91 Å². The van der Waals surface area contributed by atoms with Crippen molar-refractivity contribution in [3.8, 4) is 0 Å². The van der Waals surface area contributed by atoms with Gasteiger partial charge in [0.2, 0.25) is 5.91 Å². The topological polar surface area (TPSA) is 65.8 Å². The van der Waals surface area contributed by atoms with E-state index in [1.807, 2.05) is 93.2 Å². The Morgan fingerprint density at radius 3 is 2.28 bits per heavy atom. The van der Waals surface area contributed by atoms with Crippen LogP contribution in [-0.2, 0) is 11.3 Å². The molecular weight excluding hydrogens is 402 g/mol. The molecule has 168 valence electrons. The number of amides is 2. The number of anilines is 2. The van der Waals surface area contributed by atoms with Crippen molar-refractivity contribution in [1.82, 2.24) is 4.90 Å². The van der Waals surface area contributed by atoms with E-state index >= 15 is 0 Å². The van der Waals surface area contributed by atoms with Gasteiger partial charge < -0.3 is 19.5 Å². The molecule has 1 heterocycles. The Labute approximate surface area is 189 Å². The van der Waals surface area contributed by atoms with Crippen molar-refractivity contribution in [1.29, 1.82) is 0 Å². The number of rotatable bonds is 8. The molecule has 3 aromatic rings. The molecule has 0 radical (unpaired) electrons. The summed E-state index contributed by atoms with van der Waals surface area (Å²) >= 11 is 0. The number of carbonyl (C=O) groups excluding carboxylic acids is 2. The lowest BCUT2D eigenvalue weighted by Crippen LogP contribution is -2.36. The summed E-state index contributed by atoms with van der Waals surface area (Å²) in [4.78, 5) is 29.5. The van der Waals surface area contributed by atoms with Crippen LogP contribution in [0.15, 0.2) is 71.3 Å². The number of hydrogen-bond acceptors (Lipinski definition) is 4. The largest absolute Gasteiger partial charge is 0.459 e. The van der Waals surface area contributed by atoms with Crippen LogP contribution in [0.5, 0.6) is 0 Å². The second kappa shape index (κ2) is 10.2. The highest BCUT2D eigenvalue weighted by Crippen LogP contribution is 2.30. The fourth-order valence-corrected chi connectivity index (χ4v) is 3.66. The maximum absolute atomic E-state index is 13.2. The molecule has 2 aromatic carbocycles. The minimum absolute atomic E-state index is 0.0797. The van der Waals surface area contributed by atoms with E-state index in [0.717, 1.165) is 16.8 Å². The van der Waals surface area contributed by atoms with Gasteiger partial charge in [0.1, 0.15) is 0 Å². The maximum Gasteiger partial charge on any atom is 0.291 e. The zero-order valence-corrected chi connectivity index (χ0v) is 19.3. The third-order valence-corrected chi connectivity index (χ3v) is 5.43. The van der Waals surface area contributed by atoms with Gasteiger partial charge in [-0.2, -0.15) is 0 Å². The highest BCUT2D eigenvalue weighted by molar-refractivity contribution is 6.02. The lowest BCUT2D eigenvalue weighted by Gasteiger charge is -2.33. The van der Waals surface area contributed by atoms with Gasteiger partial charge in [-0.25, -0.2) is 0 Å². The molecule has 1 N–H and O–H groups in total. The summed E-state index contributed by atoms with van der Waals surface area (Å²) in [6.07, 6.45) is 1.47. The summed E-state index contributed by atoms with van der Waals surface area (Å²) < 4.78 is 5.19. The molecular formula is C26H31N3O3. The van der Waals surface area contributed by atoms with E-state index in [1.54, 1.807) is 12.1 Å². The van der Waals surface area contributed by atoms with Gasteiger partial charge in [0.15, 0.2) is 5.76 Å². The van der Waals surface area contributed by atoms with E-state index in [1.165, 1.54) is 6.26 Å². The van der Waals surface area contributed by atoms with Gasteiger partial charge in [-0.3, -0.25) is 9.59 Å². The first-order chi connectivity index (χ1) is 15.3. The summed E-state index contributed by atoms with van der Waals surface area (Å²) in [6, 6.07) is 19.0. The molecule has 6 heteroatoms. The van der Waals surface area contributed by atoms with E-state index in [9.17, 15) is 9.59 Å². The molecule has 6 nitrogen and oxygen atoms in total. The monoisotopic (exact) mass is 433 g/mol. The third kappa shape index (κ3) is 5.38. The van der Waals surface area contributed by atoms with Gasteiger partial charge in [-0.15, -0.1) is 0 Å². The summed E-state index contributed by atoms with van der Waals surface area (Å²) in [5, 5.41) is 2.88. The van der Waals surface area contributed by atoms with E-state index in [-0.39, 0.29) is 29.5 Å². The fourth-order valence-electron chi connectivity index (χ4n) is 3.66. The van der Waals surface area contributed by atoms with Gasteiger partial charge in [0.05, 0.1) is 12.3 Å². The van der Waals surface area contributed by atoms with E-state index in [2.05, 4.69) is 5.32 Å². The Balaban J connectivity index is 1.94. The third-order valence-electron chi connectivity index (χ3n) is 5.43. The highest BCUT2D eigenvalue weighted by Gasteiger charge is 2.25. The summed E-state index contributed by atoms with van der Waals surface area (Å²) in [7, 11) is 3.93. The van der Waals surface area contributed by atoms with Crippen LogP contribution in [0.25, 0.3) is 0 Å². The number of carbonyl (C=O) groups is 2. The van der Waals surface area contributed by atoms with E-state index in [0.29, 0.717) is 12.2 Å². The van der Waals surface area contributed by atoms with E-state index in [4.69, 9.17) is 4.42 Å². The molecule has 3 rings (SSSR count). The summed E-state index contributed by atoms with van der Waals surface area (Å²) in [6.45, 7) is 6.30. The van der Waals surface area contributed by atoms with Crippen LogP contribution in [-0.4, -0.2) is 30.8 Å². The first-order valence-electron chi connectivity index (χ1n) is 10.8. The molecule has 0 aliphatic heterocycles. The molecule has 2 amide bonds. The molecule has 0 aliphatic carbocycles. The van der Waals surface area contributed by atoms with Crippen molar-refractivity contribution in [3.63, 3.8) is 0 Å².